The van der Waals surface area contributed by atoms with Crippen LogP contribution in [-0.2, 0) is 9.59 Å². The molecule has 0 aromatic heterocycles. The quantitative estimate of drug-likeness (QED) is 0.807. The average molecular weight is 335 g/mol. The minimum Gasteiger partial charge on any atom is -0.353 e. The van der Waals surface area contributed by atoms with Gasteiger partial charge in [-0.2, -0.15) is 0 Å². The summed E-state index contributed by atoms with van der Waals surface area (Å²) in [6.07, 6.45) is 10.5. The van der Waals surface area contributed by atoms with E-state index in [2.05, 4.69) is 5.32 Å². The molecule has 3 N–H and O–H groups in total. The minimum atomic E-state index is 0.157. The van der Waals surface area contributed by atoms with E-state index in [0.29, 0.717) is 30.7 Å². The highest BCUT2D eigenvalue weighted by molar-refractivity contribution is 5.79. The maximum absolute atomic E-state index is 12.6. The largest absolute Gasteiger partial charge is 0.353 e. The zero-order valence-electron chi connectivity index (χ0n) is 14.8. The molecule has 1 unspecified atom stereocenters. The van der Waals surface area contributed by atoms with Gasteiger partial charge in [-0.05, 0) is 63.3 Å². The van der Waals surface area contributed by atoms with Crippen molar-refractivity contribution in [2.45, 2.75) is 70.3 Å². The number of carbonyl (C=O) groups is 2. The molecule has 3 fully saturated rings. The highest BCUT2D eigenvalue weighted by Gasteiger charge is 2.33. The van der Waals surface area contributed by atoms with Crippen molar-refractivity contribution in [3.05, 3.63) is 0 Å². The summed E-state index contributed by atoms with van der Waals surface area (Å²) in [4.78, 5) is 26.8. The van der Waals surface area contributed by atoms with E-state index in [4.69, 9.17) is 5.73 Å². The second-order valence-electron chi connectivity index (χ2n) is 8.15. The third-order valence-electron chi connectivity index (χ3n) is 6.32. The van der Waals surface area contributed by atoms with Crippen LogP contribution >= 0.6 is 0 Å². The molecular weight excluding hydrogens is 302 g/mol. The summed E-state index contributed by atoms with van der Waals surface area (Å²) in [6, 6.07) is 0.276. The molecule has 2 amide bonds. The second kappa shape index (κ2) is 8.32. The first-order valence-corrected chi connectivity index (χ1v) is 9.94. The highest BCUT2D eigenvalue weighted by atomic mass is 16.2. The Hall–Kier alpha value is -1.10. The summed E-state index contributed by atoms with van der Waals surface area (Å²) >= 11 is 0. The Morgan fingerprint density at radius 3 is 2.29 bits per heavy atom. The maximum atomic E-state index is 12.6. The summed E-state index contributed by atoms with van der Waals surface area (Å²) in [5.41, 5.74) is 5.72. The number of nitrogens with two attached hydrogens (primary N) is 1. The van der Waals surface area contributed by atoms with Crippen molar-refractivity contribution in [1.29, 1.82) is 0 Å². The van der Waals surface area contributed by atoms with Crippen LogP contribution in [-0.4, -0.2) is 42.4 Å². The summed E-state index contributed by atoms with van der Waals surface area (Å²) in [5.74, 6) is 1.79. The third-order valence-corrected chi connectivity index (χ3v) is 6.32. The van der Waals surface area contributed by atoms with Gasteiger partial charge in [-0.3, -0.25) is 9.59 Å². The lowest BCUT2D eigenvalue weighted by atomic mass is 9.85. The number of rotatable bonds is 5. The lowest BCUT2D eigenvalue weighted by Gasteiger charge is -2.31. The number of nitrogens with zero attached hydrogens (tertiary/aromatic N) is 1. The topological polar surface area (TPSA) is 75.4 Å². The first-order valence-electron chi connectivity index (χ1n) is 9.94. The normalized spacial score (nSPS) is 31.4. The molecule has 136 valence electrons. The number of hydrogen-bond donors (Lipinski definition) is 2. The molecule has 1 aliphatic heterocycles. The zero-order chi connectivity index (χ0) is 16.9. The molecule has 24 heavy (non-hydrogen) atoms. The van der Waals surface area contributed by atoms with E-state index in [1.807, 2.05) is 4.90 Å². The van der Waals surface area contributed by atoms with Crippen molar-refractivity contribution < 1.29 is 9.59 Å². The van der Waals surface area contributed by atoms with E-state index >= 15 is 0 Å². The van der Waals surface area contributed by atoms with Gasteiger partial charge in [-0.25, -0.2) is 0 Å². The van der Waals surface area contributed by atoms with Gasteiger partial charge in [0.2, 0.25) is 11.8 Å². The lowest BCUT2D eigenvalue weighted by Crippen LogP contribution is -2.42. The maximum Gasteiger partial charge on any atom is 0.225 e. The van der Waals surface area contributed by atoms with E-state index in [0.717, 1.165) is 45.2 Å². The van der Waals surface area contributed by atoms with E-state index in [-0.39, 0.29) is 17.9 Å². The summed E-state index contributed by atoms with van der Waals surface area (Å²) in [7, 11) is 0. The van der Waals surface area contributed by atoms with Gasteiger partial charge in [-0.15, -0.1) is 0 Å². The van der Waals surface area contributed by atoms with E-state index < -0.39 is 0 Å². The Labute approximate surface area is 145 Å². The molecule has 3 rings (SSSR count). The number of likely N-dealkylation sites (tertiary alicyclic amines) is 1. The Morgan fingerprint density at radius 2 is 1.67 bits per heavy atom. The van der Waals surface area contributed by atoms with Crippen LogP contribution in [0, 0.1) is 17.8 Å². The number of amides is 2. The Kier molecular flexibility index (Phi) is 6.14. The predicted octanol–water partition coefficient (Wildman–Crippen LogP) is 2.05. The third kappa shape index (κ3) is 4.50. The molecule has 0 bridgehead atoms. The van der Waals surface area contributed by atoms with Crippen LogP contribution in [0.5, 0.6) is 0 Å². The first-order chi connectivity index (χ1) is 11.7. The fourth-order valence-corrected chi connectivity index (χ4v) is 4.73. The van der Waals surface area contributed by atoms with Crippen LogP contribution in [0.4, 0.5) is 0 Å². The molecule has 3 aliphatic rings. The number of nitrogens with one attached hydrogen (secondary N) is 1. The molecule has 0 radical (unpaired) electrons. The Balaban J connectivity index is 1.37. The van der Waals surface area contributed by atoms with Crippen molar-refractivity contribution in [1.82, 2.24) is 10.2 Å². The smallest absolute Gasteiger partial charge is 0.225 e. The summed E-state index contributed by atoms with van der Waals surface area (Å²) < 4.78 is 0. The lowest BCUT2D eigenvalue weighted by molar-refractivity contribution is -0.135. The number of carbonyl (C=O) groups excluding carboxylic acids is 2. The van der Waals surface area contributed by atoms with Crippen LogP contribution in [0.15, 0.2) is 0 Å². The highest BCUT2D eigenvalue weighted by Crippen LogP contribution is 2.30. The molecule has 2 saturated carbocycles. The van der Waals surface area contributed by atoms with E-state index in [1.165, 1.54) is 25.7 Å². The van der Waals surface area contributed by atoms with Gasteiger partial charge in [0.05, 0.1) is 0 Å². The van der Waals surface area contributed by atoms with Gasteiger partial charge in [0.15, 0.2) is 0 Å². The monoisotopic (exact) mass is 335 g/mol. The second-order valence-corrected chi connectivity index (χ2v) is 8.15. The fraction of sp³-hybridized carbons (Fsp3) is 0.895. The van der Waals surface area contributed by atoms with Gasteiger partial charge in [0.1, 0.15) is 0 Å². The van der Waals surface area contributed by atoms with E-state index in [1.54, 1.807) is 0 Å². The summed E-state index contributed by atoms with van der Waals surface area (Å²) in [5, 5.41) is 3.21. The van der Waals surface area contributed by atoms with Crippen LogP contribution in [0.3, 0.4) is 0 Å². The van der Waals surface area contributed by atoms with Crippen molar-refractivity contribution in [3.63, 3.8) is 0 Å². The molecule has 1 atom stereocenters. The molecule has 1 saturated heterocycles. The summed E-state index contributed by atoms with van der Waals surface area (Å²) in [6.45, 7) is 2.40. The van der Waals surface area contributed by atoms with Crippen molar-refractivity contribution in [3.8, 4) is 0 Å². The molecule has 0 spiro atoms. The predicted molar refractivity (Wildman–Crippen MR) is 94.2 cm³/mol. The van der Waals surface area contributed by atoms with Gasteiger partial charge >= 0.3 is 0 Å². The SMILES string of the molecule is NCC1CCN(C(=O)C2CCC(NC(=O)CC3CCCC3)CC2)C1. The molecule has 2 aliphatic carbocycles. The molecule has 0 aromatic rings. The molecule has 5 heteroatoms. The van der Waals surface area contributed by atoms with Crippen LogP contribution < -0.4 is 11.1 Å². The first kappa shape index (κ1) is 17.7. The Bertz CT molecular complexity index is 440. The molecule has 1 heterocycles. The van der Waals surface area contributed by atoms with Crippen molar-refractivity contribution in [2.75, 3.05) is 19.6 Å². The van der Waals surface area contributed by atoms with Crippen LogP contribution in [0.2, 0.25) is 0 Å². The molecule has 0 aromatic carbocycles. The fourth-order valence-electron chi connectivity index (χ4n) is 4.73. The zero-order valence-corrected chi connectivity index (χ0v) is 14.8. The standard InChI is InChI=1S/C19H33N3O2/c20-12-15-9-10-22(13-15)19(24)16-5-7-17(8-6-16)21-18(23)11-14-3-1-2-4-14/h14-17H,1-13,20H2,(H,21,23). The molecular formula is C19H33N3O2. The van der Waals surface area contributed by atoms with Crippen molar-refractivity contribution in [2.24, 2.45) is 23.5 Å². The van der Waals surface area contributed by atoms with Crippen LogP contribution in [0.25, 0.3) is 0 Å². The molecule has 5 nitrogen and oxygen atoms in total. The van der Waals surface area contributed by atoms with Gasteiger partial charge < -0.3 is 16.0 Å². The van der Waals surface area contributed by atoms with Gasteiger partial charge in [-0.1, -0.05) is 12.8 Å². The van der Waals surface area contributed by atoms with Crippen molar-refractivity contribution >= 4 is 11.8 Å². The van der Waals surface area contributed by atoms with Gasteiger partial charge in [0, 0.05) is 31.5 Å². The minimum absolute atomic E-state index is 0.157. The Morgan fingerprint density at radius 1 is 0.958 bits per heavy atom. The average Bonchev–Trinajstić information content (AvgIpc) is 3.26. The number of hydrogen-bond acceptors (Lipinski definition) is 3. The van der Waals surface area contributed by atoms with Crippen LogP contribution in [0.1, 0.15) is 64.2 Å². The van der Waals surface area contributed by atoms with E-state index in [9.17, 15) is 9.59 Å². The van der Waals surface area contributed by atoms with Gasteiger partial charge in [0.25, 0.3) is 0 Å².